The summed E-state index contributed by atoms with van der Waals surface area (Å²) in [7, 11) is 0. The number of hydrogen-bond acceptors (Lipinski definition) is 4. The first-order chi connectivity index (χ1) is 8.17. The second kappa shape index (κ2) is 6.66. The van der Waals surface area contributed by atoms with Gasteiger partial charge in [0.25, 0.3) is 5.78 Å². The standard InChI is InChI=1S/C13H12N2OS/c1-3-4-13(12(16)8-14)17-9-11-5-6-15-10(2)7-11/h3-7H,1,9H2,2H3/b13-4-. The van der Waals surface area contributed by atoms with Crippen LogP contribution in [0, 0.1) is 18.3 Å². The normalized spacial score (nSPS) is 10.7. The lowest BCUT2D eigenvalue weighted by molar-refractivity contribution is -0.110. The summed E-state index contributed by atoms with van der Waals surface area (Å²) in [6.07, 6.45) is 4.80. The van der Waals surface area contributed by atoms with Gasteiger partial charge in [-0.2, -0.15) is 5.26 Å². The van der Waals surface area contributed by atoms with Crippen molar-refractivity contribution in [2.24, 2.45) is 0 Å². The molecule has 4 heteroatoms. The predicted molar refractivity (Wildman–Crippen MR) is 69.2 cm³/mol. The van der Waals surface area contributed by atoms with Crippen LogP contribution in [-0.2, 0) is 10.5 Å². The lowest BCUT2D eigenvalue weighted by Crippen LogP contribution is -1.95. The van der Waals surface area contributed by atoms with Crippen molar-refractivity contribution in [2.45, 2.75) is 12.7 Å². The molecule has 0 aromatic carbocycles. The minimum absolute atomic E-state index is 0.414. The number of nitriles is 1. The van der Waals surface area contributed by atoms with E-state index >= 15 is 0 Å². The van der Waals surface area contributed by atoms with Gasteiger partial charge < -0.3 is 0 Å². The SMILES string of the molecule is C=C/C=C(\SCc1ccnc(C)c1)C(=O)C#N. The van der Waals surface area contributed by atoms with Gasteiger partial charge in [0.2, 0.25) is 0 Å². The molecular formula is C13H12N2OS. The number of pyridine rings is 1. The summed E-state index contributed by atoms with van der Waals surface area (Å²) in [4.78, 5) is 15.8. The van der Waals surface area contributed by atoms with Crippen LogP contribution in [0.25, 0.3) is 0 Å². The molecule has 0 aliphatic heterocycles. The van der Waals surface area contributed by atoms with E-state index in [0.717, 1.165) is 11.3 Å². The number of carbonyl (C=O) groups is 1. The largest absolute Gasteiger partial charge is 0.276 e. The molecule has 1 rings (SSSR count). The summed E-state index contributed by atoms with van der Waals surface area (Å²) in [5, 5.41) is 8.58. The number of hydrogen-bond donors (Lipinski definition) is 0. The molecule has 0 unspecified atom stereocenters. The molecule has 0 spiro atoms. The summed E-state index contributed by atoms with van der Waals surface area (Å²) in [6.45, 7) is 5.44. The Hall–Kier alpha value is -1.86. The molecule has 0 saturated carbocycles. The monoisotopic (exact) mass is 244 g/mol. The Morgan fingerprint density at radius 1 is 1.71 bits per heavy atom. The van der Waals surface area contributed by atoms with E-state index in [2.05, 4.69) is 11.6 Å². The van der Waals surface area contributed by atoms with Crippen LogP contribution in [0.15, 0.2) is 42.0 Å². The number of aromatic nitrogens is 1. The molecule has 1 aromatic heterocycles. The van der Waals surface area contributed by atoms with Crippen LogP contribution in [-0.4, -0.2) is 10.8 Å². The number of rotatable bonds is 5. The third-order valence-electron chi connectivity index (χ3n) is 1.95. The maximum absolute atomic E-state index is 11.3. The Kier molecular flexibility index (Phi) is 5.18. The molecule has 0 atom stereocenters. The lowest BCUT2D eigenvalue weighted by atomic mass is 10.2. The van der Waals surface area contributed by atoms with Gasteiger partial charge in [-0.25, -0.2) is 0 Å². The first-order valence-electron chi connectivity index (χ1n) is 4.99. The molecule has 0 aliphatic rings. The van der Waals surface area contributed by atoms with Crippen molar-refractivity contribution in [1.29, 1.82) is 5.26 Å². The third kappa shape index (κ3) is 4.25. The summed E-state index contributed by atoms with van der Waals surface area (Å²) in [5.41, 5.74) is 2.01. The van der Waals surface area contributed by atoms with Crippen molar-refractivity contribution in [2.75, 3.05) is 0 Å². The van der Waals surface area contributed by atoms with E-state index in [1.165, 1.54) is 17.8 Å². The Bertz CT molecular complexity index is 500. The zero-order valence-electron chi connectivity index (χ0n) is 9.51. The minimum atomic E-state index is -0.527. The molecule has 0 amide bonds. The molecule has 0 N–H and O–H groups in total. The third-order valence-corrected chi connectivity index (χ3v) is 3.06. The first-order valence-corrected chi connectivity index (χ1v) is 5.97. The van der Waals surface area contributed by atoms with Crippen LogP contribution in [0.2, 0.25) is 0 Å². The first kappa shape index (κ1) is 13.2. The number of allylic oxidation sites excluding steroid dienone is 3. The van der Waals surface area contributed by atoms with E-state index < -0.39 is 5.78 Å². The van der Waals surface area contributed by atoms with Gasteiger partial charge in [-0.1, -0.05) is 12.7 Å². The molecule has 0 bridgehead atoms. The number of nitrogens with zero attached hydrogens (tertiary/aromatic N) is 2. The maximum Gasteiger partial charge on any atom is 0.268 e. The van der Waals surface area contributed by atoms with E-state index in [1.807, 2.05) is 19.1 Å². The molecule has 0 saturated heterocycles. The zero-order chi connectivity index (χ0) is 12.7. The van der Waals surface area contributed by atoms with Crippen molar-refractivity contribution < 1.29 is 4.79 Å². The van der Waals surface area contributed by atoms with E-state index in [9.17, 15) is 4.79 Å². The second-order valence-corrected chi connectivity index (χ2v) is 4.32. The Labute approximate surface area is 105 Å². The topological polar surface area (TPSA) is 53.8 Å². The van der Waals surface area contributed by atoms with Crippen LogP contribution in [0.3, 0.4) is 0 Å². The molecule has 0 aliphatic carbocycles. The van der Waals surface area contributed by atoms with Crippen molar-refractivity contribution in [3.8, 4) is 6.07 Å². The molecule has 0 radical (unpaired) electrons. The lowest BCUT2D eigenvalue weighted by Gasteiger charge is -2.02. The number of thioether (sulfide) groups is 1. The number of ketones is 1. The summed E-state index contributed by atoms with van der Waals surface area (Å²) in [5.74, 6) is 0.108. The van der Waals surface area contributed by atoms with Crippen molar-refractivity contribution in [1.82, 2.24) is 4.98 Å². The van der Waals surface area contributed by atoms with E-state index in [-0.39, 0.29) is 0 Å². The van der Waals surface area contributed by atoms with E-state index in [0.29, 0.717) is 10.7 Å². The van der Waals surface area contributed by atoms with Crippen LogP contribution in [0.5, 0.6) is 0 Å². The average Bonchev–Trinajstić information content (AvgIpc) is 2.33. The van der Waals surface area contributed by atoms with E-state index in [1.54, 1.807) is 18.3 Å². The van der Waals surface area contributed by atoms with Crippen molar-refractivity contribution in [3.63, 3.8) is 0 Å². The van der Waals surface area contributed by atoms with Crippen LogP contribution in [0.4, 0.5) is 0 Å². The number of Topliss-reactive ketones (excluding diaryl/α,β-unsaturated/α-hetero) is 1. The van der Waals surface area contributed by atoms with Gasteiger partial charge in [0.15, 0.2) is 0 Å². The highest BCUT2D eigenvalue weighted by Gasteiger charge is 2.08. The Morgan fingerprint density at radius 2 is 2.47 bits per heavy atom. The fraction of sp³-hybridized carbons (Fsp3) is 0.154. The minimum Gasteiger partial charge on any atom is -0.276 e. The quantitative estimate of drug-likeness (QED) is 0.454. The van der Waals surface area contributed by atoms with Gasteiger partial charge >= 0.3 is 0 Å². The molecule has 3 nitrogen and oxygen atoms in total. The Balaban J connectivity index is 2.72. The average molecular weight is 244 g/mol. The predicted octanol–water partition coefficient (Wildman–Crippen LogP) is 2.79. The summed E-state index contributed by atoms with van der Waals surface area (Å²) in [6, 6.07) is 5.45. The molecule has 1 aromatic rings. The smallest absolute Gasteiger partial charge is 0.268 e. The van der Waals surface area contributed by atoms with Gasteiger partial charge in [0.05, 0.1) is 4.91 Å². The highest BCUT2D eigenvalue weighted by atomic mass is 32.2. The second-order valence-electron chi connectivity index (χ2n) is 3.30. The number of aryl methyl sites for hydroxylation is 1. The Morgan fingerprint density at radius 3 is 3.06 bits per heavy atom. The van der Waals surface area contributed by atoms with Gasteiger partial charge in [-0.05, 0) is 30.7 Å². The van der Waals surface area contributed by atoms with Gasteiger partial charge in [0.1, 0.15) is 6.07 Å². The highest BCUT2D eigenvalue weighted by molar-refractivity contribution is 8.03. The van der Waals surface area contributed by atoms with Gasteiger partial charge in [0, 0.05) is 17.6 Å². The van der Waals surface area contributed by atoms with Crippen LogP contribution in [0.1, 0.15) is 11.3 Å². The van der Waals surface area contributed by atoms with Crippen LogP contribution >= 0.6 is 11.8 Å². The van der Waals surface area contributed by atoms with Crippen molar-refractivity contribution >= 4 is 17.5 Å². The van der Waals surface area contributed by atoms with Gasteiger partial charge in [-0.15, -0.1) is 11.8 Å². The molecular weight excluding hydrogens is 232 g/mol. The number of carbonyl (C=O) groups excluding carboxylic acids is 1. The highest BCUT2D eigenvalue weighted by Crippen LogP contribution is 2.22. The van der Waals surface area contributed by atoms with E-state index in [4.69, 9.17) is 5.26 Å². The summed E-state index contributed by atoms with van der Waals surface area (Å²) >= 11 is 1.33. The van der Waals surface area contributed by atoms with Gasteiger partial charge in [-0.3, -0.25) is 9.78 Å². The fourth-order valence-corrected chi connectivity index (χ4v) is 2.08. The zero-order valence-corrected chi connectivity index (χ0v) is 10.3. The molecule has 86 valence electrons. The summed E-state index contributed by atoms with van der Waals surface area (Å²) < 4.78 is 0. The maximum atomic E-state index is 11.3. The molecule has 17 heavy (non-hydrogen) atoms. The van der Waals surface area contributed by atoms with Crippen molar-refractivity contribution in [3.05, 3.63) is 53.2 Å². The fourth-order valence-electron chi connectivity index (χ4n) is 1.21. The van der Waals surface area contributed by atoms with Crippen LogP contribution < -0.4 is 0 Å². The molecule has 0 fully saturated rings. The molecule has 1 heterocycles.